The second-order valence-electron chi connectivity index (χ2n) is 12.0. The van der Waals surface area contributed by atoms with E-state index in [4.69, 9.17) is 4.74 Å². The third-order valence-corrected chi connectivity index (χ3v) is 8.98. The number of nitrogens with zero attached hydrogens (tertiary/aromatic N) is 2. The van der Waals surface area contributed by atoms with Gasteiger partial charge in [0.25, 0.3) is 10.0 Å². The monoisotopic (exact) mass is 627 g/mol. The Kier molecular flexibility index (Phi) is 10.7. The lowest BCUT2D eigenvalue weighted by Crippen LogP contribution is -2.56. The van der Waals surface area contributed by atoms with Gasteiger partial charge in [0, 0.05) is 18.5 Å². The number of amides is 2. The highest BCUT2D eigenvalue weighted by Gasteiger charge is 2.35. The van der Waals surface area contributed by atoms with Crippen molar-refractivity contribution < 1.29 is 22.7 Å². The molecule has 0 aliphatic heterocycles. The van der Waals surface area contributed by atoms with Gasteiger partial charge in [0.1, 0.15) is 18.3 Å². The molecule has 0 fully saturated rings. The number of nitrogens with one attached hydrogen (secondary N) is 1. The summed E-state index contributed by atoms with van der Waals surface area (Å²) >= 11 is 0. The van der Waals surface area contributed by atoms with E-state index in [1.807, 2.05) is 70.2 Å². The zero-order chi connectivity index (χ0) is 32.6. The van der Waals surface area contributed by atoms with Crippen LogP contribution in [-0.2, 0) is 32.6 Å². The summed E-state index contributed by atoms with van der Waals surface area (Å²) in [6.07, 6.45) is 0.231. The molecule has 9 heteroatoms. The Bertz CT molecular complexity index is 1690. The van der Waals surface area contributed by atoms with Crippen molar-refractivity contribution in [1.82, 2.24) is 10.2 Å². The van der Waals surface area contributed by atoms with Gasteiger partial charge in [-0.1, -0.05) is 78.4 Å². The first kappa shape index (κ1) is 33.3. The summed E-state index contributed by atoms with van der Waals surface area (Å²) in [6, 6.07) is 30.8. The molecule has 0 saturated heterocycles. The van der Waals surface area contributed by atoms with E-state index in [1.54, 1.807) is 61.7 Å². The van der Waals surface area contributed by atoms with Crippen LogP contribution < -0.4 is 14.4 Å². The third-order valence-electron chi connectivity index (χ3n) is 7.19. The minimum Gasteiger partial charge on any atom is -0.497 e. The molecule has 0 saturated carbocycles. The Morgan fingerprint density at radius 1 is 0.822 bits per heavy atom. The fourth-order valence-electron chi connectivity index (χ4n) is 4.93. The molecule has 4 aromatic carbocycles. The van der Waals surface area contributed by atoms with E-state index in [2.05, 4.69) is 5.32 Å². The van der Waals surface area contributed by atoms with Crippen LogP contribution in [-0.4, -0.2) is 50.4 Å². The minimum absolute atomic E-state index is 0.0538. The first-order chi connectivity index (χ1) is 21.4. The van der Waals surface area contributed by atoms with Crippen LogP contribution in [0.5, 0.6) is 5.75 Å². The van der Waals surface area contributed by atoms with E-state index in [9.17, 15) is 18.0 Å². The number of rotatable bonds is 12. The van der Waals surface area contributed by atoms with E-state index < -0.39 is 34.1 Å². The maximum Gasteiger partial charge on any atom is 0.264 e. The average Bonchev–Trinajstić information content (AvgIpc) is 3.02. The van der Waals surface area contributed by atoms with Crippen molar-refractivity contribution in [2.45, 2.75) is 57.1 Å². The third kappa shape index (κ3) is 8.95. The van der Waals surface area contributed by atoms with Crippen LogP contribution in [0, 0.1) is 6.92 Å². The number of hydrogen-bond acceptors (Lipinski definition) is 5. The maximum absolute atomic E-state index is 14.5. The molecule has 0 radical (unpaired) electrons. The van der Waals surface area contributed by atoms with Crippen molar-refractivity contribution in [2.75, 3.05) is 18.0 Å². The zero-order valence-electron chi connectivity index (χ0n) is 26.4. The second-order valence-corrected chi connectivity index (χ2v) is 13.8. The highest BCUT2D eigenvalue weighted by Crippen LogP contribution is 2.26. The van der Waals surface area contributed by atoms with Crippen LogP contribution in [0.4, 0.5) is 5.69 Å². The number of methoxy groups -OCH3 is 1. The van der Waals surface area contributed by atoms with Gasteiger partial charge in [-0.2, -0.15) is 0 Å². The number of aryl methyl sites for hydroxylation is 1. The zero-order valence-corrected chi connectivity index (χ0v) is 27.3. The van der Waals surface area contributed by atoms with E-state index in [1.165, 1.54) is 17.0 Å². The van der Waals surface area contributed by atoms with E-state index >= 15 is 0 Å². The van der Waals surface area contributed by atoms with E-state index in [-0.39, 0.29) is 23.8 Å². The van der Waals surface area contributed by atoms with Gasteiger partial charge in [-0.05, 0) is 75.2 Å². The summed E-state index contributed by atoms with van der Waals surface area (Å²) in [7, 11) is -2.59. The Balaban J connectivity index is 1.82. The SMILES string of the molecule is COc1cccc(CN(C(=O)CN(c2ccc(C)cc2)S(=O)(=O)c2ccccc2)C(Cc2ccccc2)C(=O)NC(C)(C)C)c1. The van der Waals surface area contributed by atoms with Gasteiger partial charge >= 0.3 is 0 Å². The van der Waals surface area contributed by atoms with Crippen LogP contribution in [0.25, 0.3) is 0 Å². The molecule has 0 heterocycles. The molecule has 0 bridgehead atoms. The predicted molar refractivity (Wildman–Crippen MR) is 178 cm³/mol. The molecule has 45 heavy (non-hydrogen) atoms. The fraction of sp³-hybridized carbons (Fsp3) is 0.278. The van der Waals surface area contributed by atoms with Crippen LogP contribution in [0.15, 0.2) is 114 Å². The molecule has 4 aromatic rings. The molecule has 8 nitrogen and oxygen atoms in total. The second kappa shape index (κ2) is 14.4. The number of sulfonamides is 1. The van der Waals surface area contributed by atoms with Crippen molar-refractivity contribution >= 4 is 27.5 Å². The highest BCUT2D eigenvalue weighted by molar-refractivity contribution is 7.92. The lowest BCUT2D eigenvalue weighted by Gasteiger charge is -2.35. The molecule has 0 aromatic heterocycles. The molecule has 4 rings (SSSR count). The summed E-state index contributed by atoms with van der Waals surface area (Å²) in [5, 5.41) is 3.04. The smallest absolute Gasteiger partial charge is 0.264 e. The molecule has 0 spiro atoms. The molecule has 1 atom stereocenters. The standard InChI is InChI=1S/C36H41N3O5S/c1-27-19-21-30(22-20-27)39(45(42,43)32-17-10-7-11-18-32)26-34(40)38(25-29-15-12-16-31(23-29)44-5)33(35(41)37-36(2,3)4)24-28-13-8-6-9-14-28/h6-23,33H,24-26H2,1-5H3,(H,37,41). The number of carbonyl (C=O) groups is 2. The number of ether oxygens (including phenoxy) is 1. The Hall–Kier alpha value is -4.63. The van der Waals surface area contributed by atoms with Gasteiger partial charge in [0.05, 0.1) is 17.7 Å². The van der Waals surface area contributed by atoms with Gasteiger partial charge in [0.2, 0.25) is 11.8 Å². The lowest BCUT2D eigenvalue weighted by atomic mass is 10.0. The van der Waals surface area contributed by atoms with Crippen molar-refractivity contribution in [3.63, 3.8) is 0 Å². The molecule has 0 aliphatic carbocycles. The summed E-state index contributed by atoms with van der Waals surface area (Å²) in [6.45, 7) is 7.08. The van der Waals surface area contributed by atoms with Crippen LogP contribution in [0.3, 0.4) is 0 Å². The maximum atomic E-state index is 14.5. The van der Waals surface area contributed by atoms with Crippen LogP contribution in [0.1, 0.15) is 37.5 Å². The van der Waals surface area contributed by atoms with Gasteiger partial charge < -0.3 is 15.0 Å². The predicted octanol–water partition coefficient (Wildman–Crippen LogP) is 5.75. The molecular weight excluding hydrogens is 586 g/mol. The Labute approximate surface area is 266 Å². The summed E-state index contributed by atoms with van der Waals surface area (Å²) < 4.78 is 34.7. The van der Waals surface area contributed by atoms with Crippen molar-refractivity contribution in [1.29, 1.82) is 0 Å². The molecule has 0 aliphatic rings. The molecule has 1 N–H and O–H groups in total. The Morgan fingerprint density at radius 2 is 1.42 bits per heavy atom. The van der Waals surface area contributed by atoms with Crippen molar-refractivity contribution in [2.24, 2.45) is 0 Å². The van der Waals surface area contributed by atoms with Gasteiger partial charge in [-0.25, -0.2) is 8.42 Å². The highest BCUT2D eigenvalue weighted by atomic mass is 32.2. The molecule has 1 unspecified atom stereocenters. The number of anilines is 1. The van der Waals surface area contributed by atoms with Crippen LogP contribution in [0.2, 0.25) is 0 Å². The van der Waals surface area contributed by atoms with Crippen molar-refractivity contribution in [3.05, 3.63) is 126 Å². The van der Waals surface area contributed by atoms with Crippen molar-refractivity contribution in [3.8, 4) is 5.75 Å². The van der Waals surface area contributed by atoms with E-state index in [0.29, 0.717) is 11.4 Å². The summed E-state index contributed by atoms with van der Waals surface area (Å²) in [5.74, 6) is -0.259. The summed E-state index contributed by atoms with van der Waals surface area (Å²) in [4.78, 5) is 30.0. The normalized spacial score (nSPS) is 12.2. The first-order valence-electron chi connectivity index (χ1n) is 14.8. The summed E-state index contributed by atoms with van der Waals surface area (Å²) in [5.41, 5.74) is 2.32. The molecular formula is C36H41N3O5S. The number of hydrogen-bond donors (Lipinski definition) is 1. The van der Waals surface area contributed by atoms with E-state index in [0.717, 1.165) is 21.0 Å². The molecule has 236 valence electrons. The Morgan fingerprint density at radius 3 is 2.02 bits per heavy atom. The largest absolute Gasteiger partial charge is 0.497 e. The quantitative estimate of drug-likeness (QED) is 0.216. The van der Waals surface area contributed by atoms with Gasteiger partial charge in [-0.3, -0.25) is 13.9 Å². The average molecular weight is 628 g/mol. The number of benzene rings is 4. The topological polar surface area (TPSA) is 96.0 Å². The fourth-order valence-corrected chi connectivity index (χ4v) is 6.37. The number of carbonyl (C=O) groups excluding carboxylic acids is 2. The minimum atomic E-state index is -4.15. The van der Waals surface area contributed by atoms with Crippen LogP contribution >= 0.6 is 0 Å². The molecule has 2 amide bonds. The van der Waals surface area contributed by atoms with Gasteiger partial charge in [0.15, 0.2) is 0 Å². The lowest BCUT2D eigenvalue weighted by molar-refractivity contribution is -0.140. The first-order valence-corrected chi connectivity index (χ1v) is 16.2. The van der Waals surface area contributed by atoms with Gasteiger partial charge in [-0.15, -0.1) is 0 Å².